The average molecular weight is 323 g/mol. The molecular formula is C12H22NO7P. The summed E-state index contributed by atoms with van der Waals surface area (Å²) in [4.78, 5) is 21.0. The molecule has 1 rings (SSSR count). The molecule has 4 atom stereocenters. The van der Waals surface area contributed by atoms with Gasteiger partial charge in [-0.25, -0.2) is 0 Å². The fourth-order valence-corrected chi connectivity index (χ4v) is 3.44. The van der Waals surface area contributed by atoms with Gasteiger partial charge in [0.05, 0.1) is 38.1 Å². The van der Waals surface area contributed by atoms with E-state index in [2.05, 4.69) is 5.32 Å². The molecule has 0 fully saturated rings. The zero-order valence-electron chi connectivity index (χ0n) is 12.1. The molecule has 21 heavy (non-hydrogen) atoms. The lowest BCUT2D eigenvalue weighted by molar-refractivity contribution is -0.122. The Kier molecular flexibility index (Phi) is 6.99. The Labute approximate surface area is 123 Å². The molecule has 4 N–H and O–H groups in total. The van der Waals surface area contributed by atoms with Crippen LogP contribution in [0.5, 0.6) is 0 Å². The minimum atomic E-state index is -3.99. The average Bonchev–Trinajstić information content (AvgIpc) is 2.38. The van der Waals surface area contributed by atoms with Crippen molar-refractivity contribution in [1.29, 1.82) is 0 Å². The molecule has 122 valence electrons. The number of aliphatic hydroxyl groups excluding tert-OH is 2. The summed E-state index contributed by atoms with van der Waals surface area (Å²) in [7, 11) is -3.99. The van der Waals surface area contributed by atoms with E-state index in [-0.39, 0.29) is 37.5 Å². The number of carbonyl (C=O) groups excluding carboxylic acids is 1. The molecule has 1 aliphatic rings. The first-order valence-corrected chi connectivity index (χ1v) is 8.25. The second kappa shape index (κ2) is 8.03. The maximum absolute atomic E-state index is 12.0. The smallest absolute Gasteiger partial charge is 0.354 e. The first-order valence-electron chi connectivity index (χ1n) is 6.68. The molecule has 8 nitrogen and oxygen atoms in total. The van der Waals surface area contributed by atoms with Crippen LogP contribution in [0.2, 0.25) is 0 Å². The molecule has 0 spiro atoms. The lowest BCUT2D eigenvalue weighted by Crippen LogP contribution is -2.52. The summed E-state index contributed by atoms with van der Waals surface area (Å²) in [6.07, 6.45) is -0.662. The van der Waals surface area contributed by atoms with Crippen LogP contribution in [0.3, 0.4) is 0 Å². The fourth-order valence-electron chi connectivity index (χ4n) is 2.17. The minimum absolute atomic E-state index is 0.00881. The van der Waals surface area contributed by atoms with Crippen molar-refractivity contribution in [3.63, 3.8) is 0 Å². The summed E-state index contributed by atoms with van der Waals surface area (Å²) in [5, 5.41) is 21.5. The largest absolute Gasteiger partial charge is 0.394 e. The topological polar surface area (TPSA) is 125 Å². The van der Waals surface area contributed by atoms with Gasteiger partial charge in [-0.2, -0.15) is 0 Å². The molecule has 0 heterocycles. The molecule has 0 aromatic heterocycles. The number of hydrogen-bond donors (Lipinski definition) is 4. The van der Waals surface area contributed by atoms with Crippen molar-refractivity contribution < 1.29 is 33.7 Å². The number of ether oxygens (including phenoxy) is 1. The van der Waals surface area contributed by atoms with Crippen LogP contribution in [0.15, 0.2) is 11.4 Å². The van der Waals surface area contributed by atoms with Crippen molar-refractivity contribution in [2.45, 2.75) is 38.5 Å². The first kappa shape index (κ1) is 18.3. The van der Waals surface area contributed by atoms with Crippen molar-refractivity contribution in [2.24, 2.45) is 0 Å². The van der Waals surface area contributed by atoms with E-state index in [1.165, 1.54) is 13.0 Å². The third kappa shape index (κ3) is 5.18. The maximum atomic E-state index is 12.0. The quantitative estimate of drug-likeness (QED) is 0.476. The summed E-state index contributed by atoms with van der Waals surface area (Å²) < 4.78 is 22.2. The molecule has 0 aromatic carbocycles. The summed E-state index contributed by atoms with van der Waals surface area (Å²) in [6.45, 7) is 2.69. The minimum Gasteiger partial charge on any atom is -0.394 e. The number of nitrogens with one attached hydrogen (secondary N) is 1. The van der Waals surface area contributed by atoms with Crippen LogP contribution in [-0.2, 0) is 18.6 Å². The summed E-state index contributed by atoms with van der Waals surface area (Å²) in [6, 6.07) is -0.751. The lowest BCUT2D eigenvalue weighted by Gasteiger charge is -2.35. The van der Waals surface area contributed by atoms with Crippen LogP contribution >= 0.6 is 7.60 Å². The van der Waals surface area contributed by atoms with Gasteiger partial charge in [-0.15, -0.1) is 0 Å². The van der Waals surface area contributed by atoms with Gasteiger partial charge in [-0.05, 0) is 13.0 Å². The zero-order valence-corrected chi connectivity index (χ0v) is 13.0. The van der Waals surface area contributed by atoms with Gasteiger partial charge in [0.25, 0.3) is 0 Å². The molecule has 0 aliphatic heterocycles. The summed E-state index contributed by atoms with van der Waals surface area (Å²) in [5.74, 6) is -0.356. The molecule has 0 saturated carbocycles. The first-order chi connectivity index (χ1) is 9.81. The molecule has 0 aromatic rings. The van der Waals surface area contributed by atoms with Crippen molar-refractivity contribution in [2.75, 3.05) is 19.8 Å². The number of rotatable bonds is 7. The van der Waals surface area contributed by atoms with E-state index < -0.39 is 25.8 Å². The van der Waals surface area contributed by atoms with Gasteiger partial charge in [0.1, 0.15) is 0 Å². The van der Waals surface area contributed by atoms with E-state index in [1.54, 1.807) is 6.92 Å². The zero-order chi connectivity index (χ0) is 16.0. The molecule has 0 saturated heterocycles. The molecule has 9 heteroatoms. The Morgan fingerprint density at radius 2 is 2.24 bits per heavy atom. The van der Waals surface area contributed by atoms with Gasteiger partial charge in [-0.3, -0.25) is 9.36 Å². The Morgan fingerprint density at radius 3 is 2.76 bits per heavy atom. The van der Waals surface area contributed by atoms with Crippen molar-refractivity contribution in [1.82, 2.24) is 5.32 Å². The predicted octanol–water partition coefficient (Wildman–Crippen LogP) is -0.261. The van der Waals surface area contributed by atoms with Gasteiger partial charge in [-0.1, -0.05) is 0 Å². The fraction of sp³-hybridized carbons (Fsp3) is 0.750. The van der Waals surface area contributed by atoms with Crippen molar-refractivity contribution in [3.05, 3.63) is 11.4 Å². The highest BCUT2D eigenvalue weighted by molar-refractivity contribution is 7.57. The Balaban J connectivity index is 2.96. The van der Waals surface area contributed by atoms with Crippen LogP contribution in [0.25, 0.3) is 0 Å². The maximum Gasteiger partial charge on any atom is 0.354 e. The molecule has 1 aliphatic carbocycles. The highest BCUT2D eigenvalue weighted by atomic mass is 31.2. The SMILES string of the molecule is CCOP(=O)(O)C1=C[C@H](O)[C@@H](NC(C)=O)[C@H](OCCO)C1. The van der Waals surface area contributed by atoms with E-state index in [0.29, 0.717) is 0 Å². The van der Waals surface area contributed by atoms with E-state index in [1.807, 2.05) is 0 Å². The third-order valence-electron chi connectivity index (χ3n) is 3.00. The second-order valence-electron chi connectivity index (χ2n) is 4.65. The molecule has 1 unspecified atom stereocenters. The number of carbonyl (C=O) groups is 1. The van der Waals surface area contributed by atoms with Crippen LogP contribution in [-0.4, -0.2) is 59.1 Å². The molecule has 0 bridgehead atoms. The monoisotopic (exact) mass is 323 g/mol. The summed E-state index contributed by atoms with van der Waals surface area (Å²) in [5.41, 5.74) is 0. The highest BCUT2D eigenvalue weighted by Gasteiger charge is 2.39. The highest BCUT2D eigenvalue weighted by Crippen LogP contribution is 2.54. The van der Waals surface area contributed by atoms with Gasteiger partial charge < -0.3 is 29.7 Å². The van der Waals surface area contributed by atoms with E-state index in [4.69, 9.17) is 14.4 Å². The number of aliphatic hydroxyl groups is 2. The van der Waals surface area contributed by atoms with Gasteiger partial charge in [0.15, 0.2) is 0 Å². The Morgan fingerprint density at radius 1 is 1.57 bits per heavy atom. The standard InChI is InChI=1S/C12H22NO7P/c1-3-20-21(17,18)9-6-10(16)12(13-8(2)15)11(7-9)19-5-4-14/h6,10-12,14,16H,3-5,7H2,1-2H3,(H,13,15)(H,17,18)/t10-,11+,12+/m0/s1. The van der Waals surface area contributed by atoms with Crippen molar-refractivity contribution >= 4 is 13.5 Å². The molecule has 1 amide bonds. The van der Waals surface area contributed by atoms with Crippen molar-refractivity contribution in [3.8, 4) is 0 Å². The normalized spacial score (nSPS) is 28.6. The van der Waals surface area contributed by atoms with Crippen LogP contribution in [0.4, 0.5) is 0 Å². The predicted molar refractivity (Wildman–Crippen MR) is 74.6 cm³/mol. The Bertz CT molecular complexity index is 439. The Hall–Kier alpha value is -0.760. The third-order valence-corrected chi connectivity index (χ3v) is 4.67. The molecular weight excluding hydrogens is 301 g/mol. The second-order valence-corrected chi connectivity index (χ2v) is 6.52. The number of hydrogen-bond acceptors (Lipinski definition) is 6. The van der Waals surface area contributed by atoms with E-state index >= 15 is 0 Å². The van der Waals surface area contributed by atoms with Crippen LogP contribution in [0, 0.1) is 0 Å². The van der Waals surface area contributed by atoms with Gasteiger partial charge >= 0.3 is 7.60 Å². The van der Waals surface area contributed by atoms with Gasteiger partial charge in [0, 0.05) is 18.7 Å². The van der Waals surface area contributed by atoms with Gasteiger partial charge in [0.2, 0.25) is 5.91 Å². The van der Waals surface area contributed by atoms with Crippen LogP contribution < -0.4 is 5.32 Å². The van der Waals surface area contributed by atoms with Crippen LogP contribution in [0.1, 0.15) is 20.3 Å². The van der Waals surface area contributed by atoms with E-state index in [9.17, 15) is 19.4 Å². The number of amides is 1. The molecule has 0 radical (unpaired) electrons. The summed E-state index contributed by atoms with van der Waals surface area (Å²) >= 11 is 0. The lowest BCUT2D eigenvalue weighted by atomic mass is 9.95. The van der Waals surface area contributed by atoms with E-state index in [0.717, 1.165) is 0 Å².